The van der Waals surface area contributed by atoms with Gasteiger partial charge in [-0.1, -0.05) is 12.1 Å². The van der Waals surface area contributed by atoms with E-state index in [-0.39, 0.29) is 43.5 Å². The molecule has 4 atom stereocenters. The van der Waals surface area contributed by atoms with Crippen molar-refractivity contribution < 1.29 is 29.4 Å². The zero-order valence-corrected chi connectivity index (χ0v) is 21.3. The number of phenols is 1. The molecule has 2 aliphatic heterocycles. The number of phenolic OH excluding ortho intramolecular Hbond substituents is 1. The summed E-state index contributed by atoms with van der Waals surface area (Å²) >= 11 is 0. The standard InChI is InChI=1S/C25H37N7O6/c26-17(14-15-7-9-16(33)10-8-15)22(35)31-12-2-5-19(31)21(34)30-18(4-1-11-29-25(27)28)23(36)32-13-3-6-20(32)24(37)38/h7-10,17-20,33H,1-6,11-14,26H2,(H,30,34)(H,37,38)(H4,27,28,29). The predicted molar refractivity (Wildman–Crippen MR) is 139 cm³/mol. The molecule has 13 heteroatoms. The second kappa shape index (κ2) is 13.1. The lowest BCUT2D eigenvalue weighted by Crippen LogP contribution is -2.56. The number of rotatable bonds is 11. The van der Waals surface area contributed by atoms with Crippen LogP contribution in [0.4, 0.5) is 0 Å². The van der Waals surface area contributed by atoms with Gasteiger partial charge in [-0.2, -0.15) is 0 Å². The first-order valence-corrected chi connectivity index (χ1v) is 12.8. The molecule has 0 aliphatic carbocycles. The van der Waals surface area contributed by atoms with E-state index in [4.69, 9.17) is 17.2 Å². The van der Waals surface area contributed by atoms with Gasteiger partial charge in [-0.05, 0) is 62.6 Å². The SMILES string of the molecule is NC(N)=NCCCC(NC(=O)C1CCCN1C(=O)C(N)Cc1ccc(O)cc1)C(=O)N1CCCC1C(=O)O. The first-order chi connectivity index (χ1) is 18.1. The second-order valence-corrected chi connectivity index (χ2v) is 9.70. The maximum Gasteiger partial charge on any atom is 0.326 e. The van der Waals surface area contributed by atoms with Crippen molar-refractivity contribution in [2.75, 3.05) is 19.6 Å². The topological polar surface area (TPSA) is 218 Å². The zero-order chi connectivity index (χ0) is 27.8. The Labute approximate surface area is 221 Å². The molecule has 2 aliphatic rings. The van der Waals surface area contributed by atoms with Gasteiger partial charge in [-0.15, -0.1) is 0 Å². The predicted octanol–water partition coefficient (Wildman–Crippen LogP) is -1.13. The van der Waals surface area contributed by atoms with Crippen LogP contribution in [0.5, 0.6) is 5.75 Å². The van der Waals surface area contributed by atoms with E-state index in [1.807, 2.05) is 0 Å². The van der Waals surface area contributed by atoms with Crippen LogP contribution in [0.1, 0.15) is 44.1 Å². The normalized spacial score (nSPS) is 20.6. The molecule has 4 unspecified atom stereocenters. The molecule has 2 heterocycles. The number of carboxylic acid groups (broad SMARTS) is 1. The van der Waals surface area contributed by atoms with Crippen LogP contribution in [0.2, 0.25) is 0 Å². The Bertz CT molecular complexity index is 1040. The molecule has 1 aromatic rings. The van der Waals surface area contributed by atoms with Gasteiger partial charge in [0.2, 0.25) is 17.7 Å². The lowest BCUT2D eigenvalue weighted by molar-refractivity contribution is -0.149. The van der Waals surface area contributed by atoms with Gasteiger partial charge in [-0.3, -0.25) is 19.4 Å². The minimum absolute atomic E-state index is 0.0915. The molecule has 38 heavy (non-hydrogen) atoms. The van der Waals surface area contributed by atoms with Crippen molar-refractivity contribution in [3.05, 3.63) is 29.8 Å². The van der Waals surface area contributed by atoms with Crippen LogP contribution in [0.25, 0.3) is 0 Å². The van der Waals surface area contributed by atoms with Crippen molar-refractivity contribution in [3.8, 4) is 5.75 Å². The second-order valence-electron chi connectivity index (χ2n) is 9.70. The molecule has 2 saturated heterocycles. The molecular formula is C25H37N7O6. The molecule has 1 aromatic carbocycles. The Hall–Kier alpha value is -3.87. The minimum atomic E-state index is -1.09. The molecule has 0 saturated carbocycles. The number of aromatic hydroxyl groups is 1. The van der Waals surface area contributed by atoms with Crippen LogP contribution in [0, 0.1) is 0 Å². The highest BCUT2D eigenvalue weighted by Gasteiger charge is 2.40. The third-order valence-electron chi connectivity index (χ3n) is 6.93. The average Bonchev–Trinajstić information content (AvgIpc) is 3.56. The molecule has 9 N–H and O–H groups in total. The lowest BCUT2D eigenvalue weighted by Gasteiger charge is -2.30. The number of nitrogens with zero attached hydrogens (tertiary/aromatic N) is 3. The summed E-state index contributed by atoms with van der Waals surface area (Å²) in [6.45, 7) is 0.886. The summed E-state index contributed by atoms with van der Waals surface area (Å²) in [5.41, 5.74) is 17.7. The Morgan fingerprint density at radius 2 is 1.61 bits per heavy atom. The number of carboxylic acids is 1. The molecule has 208 valence electrons. The Kier molecular flexibility index (Phi) is 9.88. The van der Waals surface area contributed by atoms with Crippen molar-refractivity contribution in [2.24, 2.45) is 22.2 Å². The van der Waals surface area contributed by atoms with Crippen molar-refractivity contribution in [1.82, 2.24) is 15.1 Å². The van der Waals surface area contributed by atoms with E-state index in [2.05, 4.69) is 10.3 Å². The highest BCUT2D eigenvalue weighted by molar-refractivity contribution is 5.94. The molecule has 13 nitrogen and oxygen atoms in total. The number of aliphatic imine (C=N–C) groups is 1. The van der Waals surface area contributed by atoms with Gasteiger partial charge in [0.1, 0.15) is 23.9 Å². The average molecular weight is 532 g/mol. The number of carbonyl (C=O) groups excluding carboxylic acids is 3. The number of aliphatic carboxylic acids is 1. The first-order valence-electron chi connectivity index (χ1n) is 12.8. The number of carbonyl (C=O) groups is 4. The molecule has 0 aromatic heterocycles. The third kappa shape index (κ3) is 7.34. The molecule has 3 rings (SSSR count). The summed E-state index contributed by atoms with van der Waals surface area (Å²) in [5, 5.41) is 21.7. The number of likely N-dealkylation sites (tertiary alicyclic amines) is 2. The van der Waals surface area contributed by atoms with Gasteiger partial charge >= 0.3 is 5.97 Å². The summed E-state index contributed by atoms with van der Waals surface area (Å²) in [4.78, 5) is 58.1. The largest absolute Gasteiger partial charge is 0.508 e. The number of amides is 3. The monoisotopic (exact) mass is 531 g/mol. The fourth-order valence-corrected chi connectivity index (χ4v) is 5.01. The van der Waals surface area contributed by atoms with Crippen LogP contribution in [0.3, 0.4) is 0 Å². The van der Waals surface area contributed by atoms with E-state index in [1.165, 1.54) is 21.9 Å². The van der Waals surface area contributed by atoms with Gasteiger partial charge in [0.15, 0.2) is 5.96 Å². The molecule has 0 bridgehead atoms. The van der Waals surface area contributed by atoms with Gasteiger partial charge in [0, 0.05) is 19.6 Å². The summed E-state index contributed by atoms with van der Waals surface area (Å²) in [5.74, 6) is -2.41. The van der Waals surface area contributed by atoms with Crippen molar-refractivity contribution >= 4 is 29.7 Å². The fourth-order valence-electron chi connectivity index (χ4n) is 5.01. The van der Waals surface area contributed by atoms with Crippen molar-refractivity contribution in [1.29, 1.82) is 0 Å². The minimum Gasteiger partial charge on any atom is -0.508 e. The lowest BCUT2D eigenvalue weighted by atomic mass is 10.0. The summed E-state index contributed by atoms with van der Waals surface area (Å²) in [7, 11) is 0. The maximum atomic E-state index is 13.3. The van der Waals surface area contributed by atoms with Gasteiger partial charge < -0.3 is 42.5 Å². The van der Waals surface area contributed by atoms with Gasteiger partial charge in [0.05, 0.1) is 6.04 Å². The Morgan fingerprint density at radius 1 is 1.00 bits per heavy atom. The van der Waals surface area contributed by atoms with Gasteiger partial charge in [0.25, 0.3) is 0 Å². The van der Waals surface area contributed by atoms with Crippen molar-refractivity contribution in [2.45, 2.75) is 69.1 Å². The molecular weight excluding hydrogens is 494 g/mol. The first kappa shape index (κ1) is 28.7. The number of hydrogen-bond acceptors (Lipinski definition) is 7. The van der Waals surface area contributed by atoms with Crippen LogP contribution in [0.15, 0.2) is 29.3 Å². The van der Waals surface area contributed by atoms with E-state index >= 15 is 0 Å². The number of hydrogen-bond donors (Lipinski definition) is 6. The van der Waals surface area contributed by atoms with E-state index in [0.717, 1.165) is 5.56 Å². The fraction of sp³-hybridized carbons (Fsp3) is 0.560. The highest BCUT2D eigenvalue weighted by Crippen LogP contribution is 2.22. The Morgan fingerprint density at radius 3 is 2.21 bits per heavy atom. The zero-order valence-electron chi connectivity index (χ0n) is 21.3. The molecule has 0 spiro atoms. The third-order valence-corrected chi connectivity index (χ3v) is 6.93. The summed E-state index contributed by atoms with van der Waals surface area (Å²) in [6.07, 6.45) is 2.74. The van der Waals surface area contributed by atoms with Crippen LogP contribution in [-0.4, -0.2) is 93.5 Å². The maximum absolute atomic E-state index is 13.3. The van der Waals surface area contributed by atoms with E-state index in [1.54, 1.807) is 12.1 Å². The van der Waals surface area contributed by atoms with Crippen LogP contribution >= 0.6 is 0 Å². The summed E-state index contributed by atoms with van der Waals surface area (Å²) in [6, 6.07) is 2.77. The number of guanidine groups is 1. The van der Waals surface area contributed by atoms with E-state index in [9.17, 15) is 29.4 Å². The van der Waals surface area contributed by atoms with Crippen molar-refractivity contribution in [3.63, 3.8) is 0 Å². The van der Waals surface area contributed by atoms with Crippen LogP contribution < -0.4 is 22.5 Å². The smallest absolute Gasteiger partial charge is 0.326 e. The Balaban J connectivity index is 1.69. The molecule has 0 radical (unpaired) electrons. The number of benzene rings is 1. The molecule has 3 amide bonds. The van der Waals surface area contributed by atoms with Crippen LogP contribution in [-0.2, 0) is 25.6 Å². The summed E-state index contributed by atoms with van der Waals surface area (Å²) < 4.78 is 0. The highest BCUT2D eigenvalue weighted by atomic mass is 16.4. The van der Waals surface area contributed by atoms with E-state index in [0.29, 0.717) is 38.6 Å². The van der Waals surface area contributed by atoms with E-state index < -0.39 is 42.0 Å². The molecule has 2 fully saturated rings. The number of nitrogens with one attached hydrogen (secondary N) is 1. The van der Waals surface area contributed by atoms with Gasteiger partial charge in [-0.25, -0.2) is 4.79 Å². The number of nitrogens with two attached hydrogens (primary N) is 3. The quantitative estimate of drug-likeness (QED) is 0.115.